The predicted octanol–water partition coefficient (Wildman–Crippen LogP) is 4.37. The number of amides is 1. The van der Waals surface area contributed by atoms with Crippen LogP contribution in [-0.4, -0.2) is 31.7 Å². The number of rotatable bonds is 5. The number of thiazole rings is 1. The van der Waals surface area contributed by atoms with Crippen LogP contribution < -0.4 is 5.32 Å². The van der Waals surface area contributed by atoms with Gasteiger partial charge in [0.05, 0.1) is 11.3 Å². The Hall–Kier alpha value is -2.97. The van der Waals surface area contributed by atoms with Crippen LogP contribution in [0.15, 0.2) is 71.6 Å². The molecule has 0 unspecified atom stereocenters. The van der Waals surface area contributed by atoms with Gasteiger partial charge in [0.1, 0.15) is 12.1 Å². The van der Waals surface area contributed by atoms with Gasteiger partial charge in [-0.15, -0.1) is 23.1 Å². The molecule has 0 aliphatic heterocycles. The minimum absolute atomic E-state index is 0.238. The van der Waals surface area contributed by atoms with Crippen LogP contribution in [0.4, 0.5) is 5.13 Å². The highest BCUT2D eigenvalue weighted by molar-refractivity contribution is 7.98. The molecule has 134 valence electrons. The fourth-order valence-electron chi connectivity index (χ4n) is 2.46. The number of carbonyl (C=O) groups excluding carboxylic acids is 1. The summed E-state index contributed by atoms with van der Waals surface area (Å²) < 4.78 is 1.77. The quantitative estimate of drug-likeness (QED) is 0.510. The molecule has 0 radical (unpaired) electrons. The summed E-state index contributed by atoms with van der Waals surface area (Å²) in [4.78, 5) is 26.4. The number of nitrogens with one attached hydrogen (secondary N) is 1. The third-order valence-electron chi connectivity index (χ3n) is 3.89. The molecular weight excluding hydrogens is 378 g/mol. The van der Waals surface area contributed by atoms with Crippen molar-refractivity contribution in [2.24, 2.45) is 0 Å². The molecule has 1 aromatic carbocycles. The van der Waals surface area contributed by atoms with Crippen LogP contribution in [0.2, 0.25) is 0 Å². The van der Waals surface area contributed by atoms with Crippen molar-refractivity contribution in [3.05, 3.63) is 72.3 Å². The van der Waals surface area contributed by atoms with E-state index in [0.717, 1.165) is 11.3 Å². The van der Waals surface area contributed by atoms with Crippen molar-refractivity contribution in [1.82, 2.24) is 19.5 Å². The highest BCUT2D eigenvalue weighted by atomic mass is 32.2. The highest BCUT2D eigenvalue weighted by Gasteiger charge is 2.11. The Morgan fingerprint density at radius 3 is 2.70 bits per heavy atom. The van der Waals surface area contributed by atoms with E-state index in [-0.39, 0.29) is 5.91 Å². The smallest absolute Gasteiger partial charge is 0.259 e. The molecule has 0 atom stereocenters. The van der Waals surface area contributed by atoms with E-state index in [1.54, 1.807) is 53.4 Å². The average Bonchev–Trinajstić information content (AvgIpc) is 3.40. The first kappa shape index (κ1) is 17.4. The van der Waals surface area contributed by atoms with Crippen molar-refractivity contribution in [1.29, 1.82) is 0 Å². The minimum atomic E-state index is -0.238. The van der Waals surface area contributed by atoms with Crippen molar-refractivity contribution in [2.75, 3.05) is 11.6 Å². The average molecular weight is 393 g/mol. The van der Waals surface area contributed by atoms with Crippen molar-refractivity contribution < 1.29 is 4.79 Å². The maximum atomic E-state index is 12.4. The summed E-state index contributed by atoms with van der Waals surface area (Å²) in [5.41, 5.74) is 2.34. The van der Waals surface area contributed by atoms with E-state index in [4.69, 9.17) is 0 Å². The van der Waals surface area contributed by atoms with Gasteiger partial charge in [-0.05, 0) is 30.5 Å². The number of aromatic nitrogens is 4. The lowest BCUT2D eigenvalue weighted by Crippen LogP contribution is -2.12. The van der Waals surface area contributed by atoms with Crippen LogP contribution in [0, 0.1) is 0 Å². The summed E-state index contributed by atoms with van der Waals surface area (Å²) in [5, 5.41) is 5.32. The van der Waals surface area contributed by atoms with Crippen LogP contribution in [0.25, 0.3) is 17.1 Å². The predicted molar refractivity (Wildman–Crippen MR) is 109 cm³/mol. The summed E-state index contributed by atoms with van der Waals surface area (Å²) in [6.45, 7) is 0. The molecule has 0 aliphatic rings. The second-order valence-electron chi connectivity index (χ2n) is 5.60. The summed E-state index contributed by atoms with van der Waals surface area (Å²) in [6.07, 6.45) is 8.72. The van der Waals surface area contributed by atoms with Crippen LogP contribution in [0.5, 0.6) is 0 Å². The van der Waals surface area contributed by atoms with Crippen molar-refractivity contribution >= 4 is 34.1 Å². The van der Waals surface area contributed by atoms with E-state index >= 15 is 0 Å². The minimum Gasteiger partial charge on any atom is -0.298 e. The number of nitrogens with zero attached hydrogens (tertiary/aromatic N) is 4. The van der Waals surface area contributed by atoms with E-state index in [1.807, 2.05) is 23.8 Å². The van der Waals surface area contributed by atoms with Gasteiger partial charge in [-0.3, -0.25) is 14.7 Å². The van der Waals surface area contributed by atoms with Gasteiger partial charge in [0.25, 0.3) is 5.91 Å². The largest absolute Gasteiger partial charge is 0.298 e. The zero-order valence-corrected chi connectivity index (χ0v) is 16.0. The van der Waals surface area contributed by atoms with E-state index in [9.17, 15) is 4.79 Å². The molecule has 0 fully saturated rings. The number of benzene rings is 1. The molecule has 4 rings (SSSR count). The normalized spacial score (nSPS) is 10.7. The maximum absolute atomic E-state index is 12.4. The fourth-order valence-corrected chi connectivity index (χ4v) is 3.59. The summed E-state index contributed by atoms with van der Waals surface area (Å²) in [5.74, 6) is 0.465. The highest BCUT2D eigenvalue weighted by Crippen LogP contribution is 2.27. The van der Waals surface area contributed by atoms with E-state index in [1.165, 1.54) is 16.2 Å². The Kier molecular flexibility index (Phi) is 4.99. The first-order valence-electron chi connectivity index (χ1n) is 8.08. The molecular formula is C19H15N5OS2. The van der Waals surface area contributed by atoms with Gasteiger partial charge in [-0.2, -0.15) is 0 Å². The molecule has 3 aromatic heterocycles. The van der Waals surface area contributed by atoms with Crippen LogP contribution >= 0.6 is 23.1 Å². The number of pyridine rings is 1. The molecule has 4 aromatic rings. The molecule has 0 saturated heterocycles. The first-order valence-corrected chi connectivity index (χ1v) is 10.2. The third-order valence-corrected chi connectivity index (χ3v) is 5.39. The Morgan fingerprint density at radius 2 is 2.04 bits per heavy atom. The van der Waals surface area contributed by atoms with E-state index < -0.39 is 0 Å². The number of thioether (sulfide) groups is 1. The molecule has 3 heterocycles. The van der Waals surface area contributed by atoms with Gasteiger partial charge >= 0.3 is 0 Å². The van der Waals surface area contributed by atoms with E-state index in [0.29, 0.717) is 16.5 Å². The monoisotopic (exact) mass is 393 g/mol. The topological polar surface area (TPSA) is 72.7 Å². The lowest BCUT2D eigenvalue weighted by atomic mass is 10.2. The molecule has 27 heavy (non-hydrogen) atoms. The van der Waals surface area contributed by atoms with Crippen molar-refractivity contribution in [3.63, 3.8) is 0 Å². The van der Waals surface area contributed by atoms with Crippen LogP contribution in [0.3, 0.4) is 0 Å². The Bertz CT molecular complexity index is 1040. The molecule has 0 bridgehead atoms. The number of hydrogen-bond donors (Lipinski definition) is 1. The molecule has 6 nitrogen and oxygen atoms in total. The third kappa shape index (κ3) is 3.91. The first-order chi connectivity index (χ1) is 13.2. The van der Waals surface area contributed by atoms with Gasteiger partial charge in [0, 0.05) is 34.4 Å². The standard InChI is InChI=1S/C19H15N5OS2/c1-26-15-5-2-13(3-6-15)16-11-27-19(22-16)23-18(25)14-4-7-17(21-10-14)24-9-8-20-12-24/h2-12H,1H3,(H,22,23,25). The SMILES string of the molecule is CSc1ccc(-c2csc(NC(=O)c3ccc(-n4ccnc4)nc3)n2)cc1. The number of carbonyl (C=O) groups is 1. The number of imidazole rings is 1. The molecule has 1 amide bonds. The summed E-state index contributed by atoms with van der Waals surface area (Å²) in [6, 6.07) is 11.7. The van der Waals surface area contributed by atoms with Crippen LogP contribution in [0.1, 0.15) is 10.4 Å². The Balaban J connectivity index is 1.46. The molecule has 8 heteroatoms. The molecule has 0 aliphatic carbocycles. The number of anilines is 1. The van der Waals surface area contributed by atoms with Gasteiger partial charge in [0.15, 0.2) is 5.13 Å². The zero-order valence-electron chi connectivity index (χ0n) is 14.4. The Morgan fingerprint density at radius 1 is 1.19 bits per heavy atom. The fraction of sp³-hybridized carbons (Fsp3) is 0.0526. The van der Waals surface area contributed by atoms with Crippen molar-refractivity contribution in [2.45, 2.75) is 4.90 Å². The van der Waals surface area contributed by atoms with Crippen LogP contribution in [-0.2, 0) is 0 Å². The van der Waals surface area contributed by atoms with Gasteiger partial charge < -0.3 is 0 Å². The molecule has 0 saturated carbocycles. The molecule has 1 N–H and O–H groups in total. The van der Waals surface area contributed by atoms with Crippen molar-refractivity contribution in [3.8, 4) is 17.1 Å². The van der Waals surface area contributed by atoms with Gasteiger partial charge in [-0.1, -0.05) is 12.1 Å². The lowest BCUT2D eigenvalue weighted by Gasteiger charge is -2.04. The van der Waals surface area contributed by atoms with Gasteiger partial charge in [0.2, 0.25) is 0 Å². The zero-order chi connectivity index (χ0) is 18.6. The second-order valence-corrected chi connectivity index (χ2v) is 7.33. The summed E-state index contributed by atoms with van der Waals surface area (Å²) >= 11 is 3.10. The van der Waals surface area contributed by atoms with E-state index in [2.05, 4.69) is 32.4 Å². The lowest BCUT2D eigenvalue weighted by molar-refractivity contribution is 0.102. The molecule has 0 spiro atoms. The Labute approximate surface area is 164 Å². The van der Waals surface area contributed by atoms with Gasteiger partial charge in [-0.25, -0.2) is 15.0 Å². The number of hydrogen-bond acceptors (Lipinski definition) is 6. The maximum Gasteiger partial charge on any atom is 0.259 e. The second kappa shape index (κ2) is 7.73. The summed E-state index contributed by atoms with van der Waals surface area (Å²) in [7, 11) is 0.